The normalized spacial score (nSPS) is 11.1. The molecule has 0 aliphatic heterocycles. The summed E-state index contributed by atoms with van der Waals surface area (Å²) in [4.78, 5) is 30.5. The van der Waals surface area contributed by atoms with Crippen molar-refractivity contribution in [2.24, 2.45) is 5.16 Å². The predicted octanol–water partition coefficient (Wildman–Crippen LogP) is 5.37. The Morgan fingerprint density at radius 1 is 0.865 bits per heavy atom. The van der Waals surface area contributed by atoms with Gasteiger partial charge in [0.25, 0.3) is 5.91 Å². The Morgan fingerprint density at radius 2 is 1.51 bits per heavy atom. The molecule has 3 rings (SSSR count). The highest BCUT2D eigenvalue weighted by Gasteiger charge is 2.09. The summed E-state index contributed by atoms with van der Waals surface area (Å²) in [7, 11) is 4.88. The molecule has 7 heteroatoms. The van der Waals surface area contributed by atoms with Crippen LogP contribution in [0.15, 0.2) is 78.0 Å². The lowest BCUT2D eigenvalue weighted by atomic mass is 10.0. The van der Waals surface area contributed by atoms with Crippen molar-refractivity contribution in [1.82, 2.24) is 4.90 Å². The number of esters is 1. The fraction of sp³-hybridized carbons (Fsp3) is 0.300. The minimum atomic E-state index is -0.231. The van der Waals surface area contributed by atoms with Crippen LogP contribution < -0.4 is 4.74 Å². The van der Waals surface area contributed by atoms with E-state index in [4.69, 9.17) is 9.57 Å². The summed E-state index contributed by atoms with van der Waals surface area (Å²) in [6.45, 7) is 2.70. The van der Waals surface area contributed by atoms with Crippen molar-refractivity contribution >= 4 is 17.6 Å². The van der Waals surface area contributed by atoms with Crippen molar-refractivity contribution < 1.29 is 23.9 Å². The molecule has 194 valence electrons. The van der Waals surface area contributed by atoms with Crippen molar-refractivity contribution in [1.29, 1.82) is 0 Å². The van der Waals surface area contributed by atoms with E-state index in [9.17, 15) is 9.59 Å². The summed E-state index contributed by atoms with van der Waals surface area (Å²) < 4.78 is 10.5. The molecule has 0 aliphatic carbocycles. The molecular formula is C30H34N2O5. The van der Waals surface area contributed by atoms with E-state index >= 15 is 0 Å². The van der Waals surface area contributed by atoms with Crippen LogP contribution in [0.2, 0.25) is 0 Å². The van der Waals surface area contributed by atoms with Crippen molar-refractivity contribution in [2.75, 3.05) is 34.4 Å². The molecule has 1 amide bonds. The molecule has 0 heterocycles. The second-order valence-corrected chi connectivity index (χ2v) is 8.65. The van der Waals surface area contributed by atoms with Crippen LogP contribution in [0, 0.1) is 0 Å². The zero-order chi connectivity index (χ0) is 26.6. The van der Waals surface area contributed by atoms with Crippen LogP contribution in [-0.4, -0.2) is 56.9 Å². The number of carbonyl (C=O) groups excluding carboxylic acids is 2. The van der Waals surface area contributed by atoms with Crippen LogP contribution in [0.5, 0.6) is 5.75 Å². The summed E-state index contributed by atoms with van der Waals surface area (Å²) in [5.41, 5.74) is 5.62. The summed E-state index contributed by atoms with van der Waals surface area (Å²) in [5.74, 6) is 0.478. The highest BCUT2D eigenvalue weighted by atomic mass is 16.6. The number of ether oxygens (including phenoxy) is 2. The number of benzene rings is 3. The number of nitrogens with zero attached hydrogens (tertiary/aromatic N) is 2. The lowest BCUT2D eigenvalue weighted by Crippen LogP contribution is -2.21. The van der Waals surface area contributed by atoms with Crippen molar-refractivity contribution in [2.45, 2.75) is 26.2 Å². The zero-order valence-electron chi connectivity index (χ0n) is 21.9. The van der Waals surface area contributed by atoms with E-state index in [1.54, 1.807) is 19.0 Å². The molecule has 0 unspecified atom stereocenters. The van der Waals surface area contributed by atoms with Crippen molar-refractivity contribution in [3.63, 3.8) is 0 Å². The zero-order valence-corrected chi connectivity index (χ0v) is 21.9. The first kappa shape index (κ1) is 27.5. The topological polar surface area (TPSA) is 77.4 Å². The number of methoxy groups -OCH3 is 1. The van der Waals surface area contributed by atoms with Gasteiger partial charge in [-0.15, -0.1) is 0 Å². The summed E-state index contributed by atoms with van der Waals surface area (Å²) in [6.07, 6.45) is 1.66. The van der Waals surface area contributed by atoms with Crippen LogP contribution in [-0.2, 0) is 20.8 Å². The van der Waals surface area contributed by atoms with Gasteiger partial charge in [0.1, 0.15) is 12.4 Å². The molecule has 0 saturated heterocycles. The Labute approximate surface area is 218 Å². The second-order valence-electron chi connectivity index (χ2n) is 8.65. The van der Waals surface area contributed by atoms with E-state index in [1.807, 2.05) is 79.7 Å². The summed E-state index contributed by atoms with van der Waals surface area (Å²) >= 11 is 0. The third kappa shape index (κ3) is 8.20. The van der Waals surface area contributed by atoms with Gasteiger partial charge in [0.2, 0.25) is 0 Å². The molecule has 0 fully saturated rings. The number of aryl methyl sites for hydroxylation is 1. The highest BCUT2D eigenvalue weighted by Crippen LogP contribution is 2.21. The first-order valence-electron chi connectivity index (χ1n) is 12.3. The SMILES string of the molecule is CC/C(=N\OCCOc1cccc(CCC(=O)OC)c1)c1ccc(-c2ccc(C(=O)N(C)C)cc2)cc1. The first-order chi connectivity index (χ1) is 17.9. The molecule has 0 atom stereocenters. The third-order valence-corrected chi connectivity index (χ3v) is 5.79. The number of carbonyl (C=O) groups is 2. The fourth-order valence-electron chi connectivity index (χ4n) is 3.70. The van der Waals surface area contributed by atoms with Crippen LogP contribution in [0.4, 0.5) is 0 Å². The van der Waals surface area contributed by atoms with Crippen molar-refractivity contribution in [3.05, 3.63) is 89.5 Å². The van der Waals surface area contributed by atoms with Gasteiger partial charge in [0.15, 0.2) is 6.61 Å². The monoisotopic (exact) mass is 502 g/mol. The average molecular weight is 503 g/mol. The van der Waals surface area contributed by atoms with Crippen LogP contribution in [0.25, 0.3) is 11.1 Å². The van der Waals surface area contributed by atoms with E-state index in [2.05, 4.69) is 9.89 Å². The third-order valence-electron chi connectivity index (χ3n) is 5.79. The molecule has 7 nitrogen and oxygen atoms in total. The Bertz CT molecular complexity index is 1200. The molecule has 0 spiro atoms. The number of hydrogen-bond acceptors (Lipinski definition) is 6. The highest BCUT2D eigenvalue weighted by molar-refractivity contribution is 6.00. The van der Waals surface area contributed by atoms with Crippen LogP contribution in [0.3, 0.4) is 0 Å². The standard InChI is InChI=1S/C30H34N2O5/c1-5-28(31-37-20-19-36-27-8-6-7-22(21-27)9-18-29(33)35-4)25-14-10-23(11-15-25)24-12-16-26(17-13-24)30(34)32(2)3/h6-8,10-17,21H,5,9,18-20H2,1-4H3/b31-28+. The number of hydrogen-bond donors (Lipinski definition) is 0. The van der Waals surface area contributed by atoms with E-state index in [0.717, 1.165) is 40.1 Å². The molecular weight excluding hydrogens is 468 g/mol. The maximum absolute atomic E-state index is 12.1. The van der Waals surface area contributed by atoms with Gasteiger partial charge in [-0.1, -0.05) is 60.6 Å². The molecule has 0 aliphatic rings. The van der Waals surface area contributed by atoms with Crippen LogP contribution in [0.1, 0.15) is 41.3 Å². The Morgan fingerprint density at radius 3 is 2.11 bits per heavy atom. The van der Waals surface area contributed by atoms with E-state index in [1.165, 1.54) is 7.11 Å². The second kappa shape index (κ2) is 13.8. The van der Waals surface area contributed by atoms with Gasteiger partial charge in [-0.3, -0.25) is 9.59 Å². The number of amides is 1. The number of oxime groups is 1. The van der Waals surface area contributed by atoms with Gasteiger partial charge >= 0.3 is 5.97 Å². The lowest BCUT2D eigenvalue weighted by molar-refractivity contribution is -0.140. The van der Waals surface area contributed by atoms with E-state index in [0.29, 0.717) is 31.6 Å². The molecule has 0 bridgehead atoms. The maximum atomic E-state index is 12.1. The van der Waals surface area contributed by atoms with Gasteiger partial charge in [-0.05, 0) is 59.4 Å². The number of rotatable bonds is 12. The summed E-state index contributed by atoms with van der Waals surface area (Å²) in [6, 6.07) is 23.4. The van der Waals surface area contributed by atoms with Crippen molar-refractivity contribution in [3.8, 4) is 16.9 Å². The minimum absolute atomic E-state index is 0.0137. The molecule has 3 aromatic rings. The van der Waals surface area contributed by atoms with E-state index < -0.39 is 0 Å². The molecule has 0 saturated carbocycles. The molecule has 3 aromatic carbocycles. The van der Waals surface area contributed by atoms with Gasteiger partial charge in [0.05, 0.1) is 12.8 Å². The summed E-state index contributed by atoms with van der Waals surface area (Å²) in [5, 5.41) is 4.31. The quantitative estimate of drug-likeness (QED) is 0.144. The van der Waals surface area contributed by atoms with Gasteiger partial charge < -0.3 is 19.2 Å². The fourth-order valence-corrected chi connectivity index (χ4v) is 3.70. The smallest absolute Gasteiger partial charge is 0.305 e. The van der Waals surface area contributed by atoms with Gasteiger partial charge in [-0.25, -0.2) is 0 Å². The van der Waals surface area contributed by atoms with Gasteiger partial charge in [-0.2, -0.15) is 0 Å². The lowest BCUT2D eigenvalue weighted by Gasteiger charge is -2.11. The molecule has 0 N–H and O–H groups in total. The van der Waals surface area contributed by atoms with E-state index in [-0.39, 0.29) is 11.9 Å². The molecule has 37 heavy (non-hydrogen) atoms. The molecule has 0 aromatic heterocycles. The first-order valence-corrected chi connectivity index (χ1v) is 12.3. The molecule has 0 radical (unpaired) electrons. The Hall–Kier alpha value is -4.13. The predicted molar refractivity (Wildman–Crippen MR) is 145 cm³/mol. The van der Waals surface area contributed by atoms with Gasteiger partial charge in [0, 0.05) is 26.1 Å². The average Bonchev–Trinajstić information content (AvgIpc) is 2.93. The Balaban J connectivity index is 1.51. The minimum Gasteiger partial charge on any atom is -0.490 e. The van der Waals surface area contributed by atoms with Crippen LogP contribution >= 0.6 is 0 Å². The Kier molecular flexibility index (Phi) is 10.3. The maximum Gasteiger partial charge on any atom is 0.305 e. The largest absolute Gasteiger partial charge is 0.490 e.